The number of quaternary nitrogens is 1. The van der Waals surface area contributed by atoms with Crippen molar-refractivity contribution in [2.45, 2.75) is 31.7 Å². The van der Waals surface area contributed by atoms with E-state index in [4.69, 9.17) is 9.47 Å². The molecule has 1 fully saturated rings. The van der Waals surface area contributed by atoms with Gasteiger partial charge in [-0.25, -0.2) is 8.42 Å². The van der Waals surface area contributed by atoms with E-state index in [1.807, 2.05) is 0 Å². The highest BCUT2D eigenvalue weighted by Crippen LogP contribution is 2.32. The number of hydrogen-bond acceptors (Lipinski definition) is 4. The van der Waals surface area contributed by atoms with E-state index in [2.05, 4.69) is 32.0 Å². The minimum Gasteiger partial charge on any atom is -0.490 e. The van der Waals surface area contributed by atoms with Gasteiger partial charge < -0.3 is 14.4 Å². The van der Waals surface area contributed by atoms with Crippen LogP contribution in [0, 0.1) is 13.8 Å². The number of sulfonamides is 1. The molecule has 0 unspecified atom stereocenters. The molecule has 0 radical (unpaired) electrons. The minimum atomic E-state index is -3.53. The zero-order valence-electron chi connectivity index (χ0n) is 17.1. The topological polar surface area (TPSA) is 60.3 Å². The van der Waals surface area contributed by atoms with Crippen LogP contribution in [0.2, 0.25) is 0 Å². The number of benzene rings is 2. The van der Waals surface area contributed by atoms with E-state index >= 15 is 0 Å². The Bertz CT molecular complexity index is 962. The van der Waals surface area contributed by atoms with Crippen molar-refractivity contribution < 1.29 is 22.8 Å². The monoisotopic (exact) mass is 417 g/mol. The van der Waals surface area contributed by atoms with Gasteiger partial charge in [-0.2, -0.15) is 4.31 Å². The summed E-state index contributed by atoms with van der Waals surface area (Å²) in [5.41, 5.74) is 3.86. The molecular formula is C22H29N2O4S+. The Kier molecular flexibility index (Phi) is 5.81. The molecule has 7 heteroatoms. The van der Waals surface area contributed by atoms with Gasteiger partial charge in [0.15, 0.2) is 11.5 Å². The van der Waals surface area contributed by atoms with Crippen LogP contribution in [0.25, 0.3) is 0 Å². The summed E-state index contributed by atoms with van der Waals surface area (Å²) in [4.78, 5) is 1.69. The Morgan fingerprint density at radius 1 is 0.931 bits per heavy atom. The SMILES string of the molecule is Cc1cc(C)cc(C[NH+]2CCN(S(=O)(=O)c3ccc4c(c3)OCCCO4)CC2)c1. The molecule has 0 bridgehead atoms. The first-order valence-corrected chi connectivity index (χ1v) is 11.7. The second-order valence-corrected chi connectivity index (χ2v) is 9.92. The highest BCUT2D eigenvalue weighted by Gasteiger charge is 2.31. The molecule has 2 aromatic rings. The van der Waals surface area contributed by atoms with Crippen LogP contribution in [0.5, 0.6) is 11.5 Å². The van der Waals surface area contributed by atoms with E-state index in [0.717, 1.165) is 26.1 Å². The van der Waals surface area contributed by atoms with Gasteiger partial charge in [0.25, 0.3) is 0 Å². The van der Waals surface area contributed by atoms with E-state index in [1.165, 1.54) is 21.6 Å². The largest absolute Gasteiger partial charge is 0.490 e. The van der Waals surface area contributed by atoms with Crippen LogP contribution in [0.1, 0.15) is 23.1 Å². The Morgan fingerprint density at radius 2 is 1.59 bits per heavy atom. The summed E-state index contributed by atoms with van der Waals surface area (Å²) in [5, 5.41) is 0. The van der Waals surface area contributed by atoms with Gasteiger partial charge in [-0.1, -0.05) is 29.3 Å². The summed E-state index contributed by atoms with van der Waals surface area (Å²) >= 11 is 0. The summed E-state index contributed by atoms with van der Waals surface area (Å²) in [6, 6.07) is 11.6. The molecule has 2 aliphatic rings. The lowest BCUT2D eigenvalue weighted by Gasteiger charge is -2.31. The molecule has 2 aromatic carbocycles. The number of fused-ring (bicyclic) bond motifs is 1. The quantitative estimate of drug-likeness (QED) is 0.820. The van der Waals surface area contributed by atoms with E-state index < -0.39 is 10.0 Å². The number of hydrogen-bond donors (Lipinski definition) is 1. The molecule has 0 amide bonds. The lowest BCUT2D eigenvalue weighted by molar-refractivity contribution is -0.917. The Labute approximate surface area is 173 Å². The number of aryl methyl sites for hydroxylation is 2. The number of piperazine rings is 1. The molecule has 6 nitrogen and oxygen atoms in total. The third-order valence-electron chi connectivity index (χ3n) is 5.52. The summed E-state index contributed by atoms with van der Waals surface area (Å²) < 4.78 is 39.1. The molecule has 0 aromatic heterocycles. The Morgan fingerprint density at radius 3 is 2.28 bits per heavy atom. The van der Waals surface area contributed by atoms with Crippen molar-refractivity contribution in [2.24, 2.45) is 0 Å². The highest BCUT2D eigenvalue weighted by molar-refractivity contribution is 7.89. The van der Waals surface area contributed by atoms with Gasteiger partial charge >= 0.3 is 0 Å². The van der Waals surface area contributed by atoms with Crippen LogP contribution in [-0.4, -0.2) is 52.1 Å². The first kappa shape index (κ1) is 20.2. The first-order chi connectivity index (χ1) is 13.9. The zero-order chi connectivity index (χ0) is 20.4. The van der Waals surface area contributed by atoms with Crippen LogP contribution < -0.4 is 14.4 Å². The molecule has 0 spiro atoms. The molecule has 156 valence electrons. The molecule has 1 saturated heterocycles. The summed E-state index contributed by atoms with van der Waals surface area (Å²) in [6.07, 6.45) is 0.794. The lowest BCUT2D eigenvalue weighted by Crippen LogP contribution is -3.13. The Balaban J connectivity index is 1.43. The number of nitrogens with one attached hydrogen (secondary N) is 1. The van der Waals surface area contributed by atoms with Gasteiger partial charge in [0.1, 0.15) is 6.54 Å². The highest BCUT2D eigenvalue weighted by atomic mass is 32.2. The van der Waals surface area contributed by atoms with Gasteiger partial charge in [0.2, 0.25) is 10.0 Å². The summed E-state index contributed by atoms with van der Waals surface area (Å²) in [6.45, 7) is 8.94. The van der Waals surface area contributed by atoms with Crippen LogP contribution in [0.3, 0.4) is 0 Å². The minimum absolute atomic E-state index is 0.277. The maximum absolute atomic E-state index is 13.1. The van der Waals surface area contributed by atoms with Gasteiger partial charge in [0, 0.05) is 18.1 Å². The van der Waals surface area contributed by atoms with Crippen LogP contribution in [0.4, 0.5) is 0 Å². The fourth-order valence-electron chi connectivity index (χ4n) is 4.13. The molecule has 0 saturated carbocycles. The summed E-state index contributed by atoms with van der Waals surface area (Å²) in [7, 11) is -3.53. The van der Waals surface area contributed by atoms with Crippen LogP contribution in [-0.2, 0) is 16.6 Å². The maximum atomic E-state index is 13.1. The second kappa shape index (κ2) is 8.34. The molecule has 2 heterocycles. The molecule has 4 rings (SSSR count). The molecule has 1 N–H and O–H groups in total. The normalized spacial score (nSPS) is 18.4. The van der Waals surface area contributed by atoms with Gasteiger partial charge in [-0.05, 0) is 26.0 Å². The predicted octanol–water partition coefficient (Wildman–Crippen LogP) is 1.55. The average Bonchev–Trinajstić information content (AvgIpc) is 2.92. The van der Waals surface area contributed by atoms with Crippen molar-refractivity contribution in [1.82, 2.24) is 4.31 Å². The number of nitrogens with zero attached hydrogens (tertiary/aromatic N) is 1. The van der Waals surface area contributed by atoms with Crippen molar-refractivity contribution in [1.29, 1.82) is 0 Å². The average molecular weight is 418 g/mol. The van der Waals surface area contributed by atoms with Crippen molar-refractivity contribution >= 4 is 10.0 Å². The molecule has 29 heavy (non-hydrogen) atoms. The molecule has 2 aliphatic heterocycles. The first-order valence-electron chi connectivity index (χ1n) is 10.2. The Hall–Kier alpha value is -2.09. The molecule has 0 aliphatic carbocycles. The van der Waals surface area contributed by atoms with Crippen molar-refractivity contribution in [3.05, 3.63) is 53.1 Å². The van der Waals surface area contributed by atoms with Crippen molar-refractivity contribution in [3.8, 4) is 11.5 Å². The zero-order valence-corrected chi connectivity index (χ0v) is 17.9. The van der Waals surface area contributed by atoms with E-state index in [1.54, 1.807) is 22.5 Å². The lowest BCUT2D eigenvalue weighted by atomic mass is 10.1. The van der Waals surface area contributed by atoms with Crippen LogP contribution >= 0.6 is 0 Å². The van der Waals surface area contributed by atoms with E-state index in [9.17, 15) is 8.42 Å². The van der Waals surface area contributed by atoms with Crippen LogP contribution in [0.15, 0.2) is 41.3 Å². The predicted molar refractivity (Wildman–Crippen MR) is 111 cm³/mol. The standard InChI is InChI=1S/C22H28N2O4S/c1-17-12-18(2)14-19(13-17)16-23-6-8-24(9-7-23)29(25,26)20-4-5-21-22(15-20)28-11-3-10-27-21/h4-5,12-15H,3,6-11,16H2,1-2H3/p+1. The third kappa shape index (κ3) is 4.57. The summed E-state index contributed by atoms with van der Waals surface area (Å²) in [5.74, 6) is 1.13. The molecule has 0 atom stereocenters. The fraction of sp³-hybridized carbons (Fsp3) is 0.455. The van der Waals surface area contributed by atoms with Crippen molar-refractivity contribution in [2.75, 3.05) is 39.4 Å². The third-order valence-corrected chi connectivity index (χ3v) is 7.42. The number of rotatable bonds is 4. The van der Waals surface area contributed by atoms with Crippen molar-refractivity contribution in [3.63, 3.8) is 0 Å². The second-order valence-electron chi connectivity index (χ2n) is 7.99. The van der Waals surface area contributed by atoms with Gasteiger partial charge in [-0.3, -0.25) is 0 Å². The fourth-order valence-corrected chi connectivity index (χ4v) is 5.59. The molecular weight excluding hydrogens is 388 g/mol. The van der Waals surface area contributed by atoms with Gasteiger partial charge in [-0.15, -0.1) is 0 Å². The van der Waals surface area contributed by atoms with E-state index in [0.29, 0.717) is 37.8 Å². The maximum Gasteiger partial charge on any atom is 0.243 e. The van der Waals surface area contributed by atoms with E-state index in [-0.39, 0.29) is 4.90 Å². The smallest absolute Gasteiger partial charge is 0.243 e. The van der Waals surface area contributed by atoms with Gasteiger partial charge in [0.05, 0.1) is 44.3 Å². The number of ether oxygens (including phenoxy) is 2.